The lowest BCUT2D eigenvalue weighted by atomic mass is 10.2. The van der Waals surface area contributed by atoms with Crippen LogP contribution in [0.3, 0.4) is 0 Å². The van der Waals surface area contributed by atoms with Crippen LogP contribution in [-0.4, -0.2) is 18.1 Å². The fourth-order valence-corrected chi connectivity index (χ4v) is 4.84. The smallest absolute Gasteiger partial charge is 0.408 e. The van der Waals surface area contributed by atoms with Crippen LogP contribution in [0.2, 0.25) is 0 Å². The number of nitro benzene ring substituents is 1. The second-order valence-corrected chi connectivity index (χ2v) is 9.45. The summed E-state index contributed by atoms with van der Waals surface area (Å²) < 4.78 is 24.4. The largest absolute Gasteiger partial charge is 0.445 e. The van der Waals surface area contributed by atoms with Crippen LogP contribution < -0.4 is 10.4 Å². The van der Waals surface area contributed by atoms with Crippen molar-refractivity contribution in [1.82, 2.24) is 10.4 Å². The van der Waals surface area contributed by atoms with Crippen molar-refractivity contribution in [3.05, 3.63) is 112 Å². The molecule has 0 spiro atoms. The van der Waals surface area contributed by atoms with Gasteiger partial charge in [0.05, 0.1) is 4.92 Å². The SMILES string of the molecule is COP(=O)(NCc1ccccc1)C(NC(=O)OCc1ccccc1)c1ccc([N+](=O)[O-])cc1. The van der Waals surface area contributed by atoms with Crippen molar-refractivity contribution in [2.45, 2.75) is 18.9 Å². The Morgan fingerprint density at radius 3 is 2.09 bits per heavy atom. The summed E-state index contributed by atoms with van der Waals surface area (Å²) in [5, 5.41) is 16.5. The first-order valence-corrected chi connectivity index (χ1v) is 11.8. The maximum atomic E-state index is 13.7. The van der Waals surface area contributed by atoms with Crippen LogP contribution in [0.25, 0.3) is 0 Å². The third kappa shape index (κ3) is 6.73. The highest BCUT2D eigenvalue weighted by Crippen LogP contribution is 2.55. The summed E-state index contributed by atoms with van der Waals surface area (Å²) in [6.07, 6.45) is -0.805. The van der Waals surface area contributed by atoms with Crippen molar-refractivity contribution in [3.8, 4) is 0 Å². The van der Waals surface area contributed by atoms with E-state index in [4.69, 9.17) is 9.26 Å². The Bertz CT molecular complexity index is 1110. The number of nitrogens with zero attached hydrogens (tertiary/aromatic N) is 1. The number of hydrogen-bond donors (Lipinski definition) is 2. The van der Waals surface area contributed by atoms with E-state index in [1.54, 1.807) is 0 Å². The summed E-state index contributed by atoms with van der Waals surface area (Å²) in [6.45, 7) is 0.241. The molecule has 0 aliphatic rings. The lowest BCUT2D eigenvalue weighted by molar-refractivity contribution is -0.384. The number of alkyl carbamates (subject to hydrolysis) is 1. The van der Waals surface area contributed by atoms with Crippen molar-refractivity contribution >= 4 is 19.3 Å². The monoisotopic (exact) mass is 469 g/mol. The molecular weight excluding hydrogens is 445 g/mol. The van der Waals surface area contributed by atoms with E-state index >= 15 is 0 Å². The molecular formula is C23H24N3O6P. The molecule has 0 aliphatic carbocycles. The van der Waals surface area contributed by atoms with Gasteiger partial charge in [-0.05, 0) is 28.8 Å². The molecule has 0 bridgehead atoms. The fraction of sp³-hybridized carbons (Fsp3) is 0.174. The van der Waals surface area contributed by atoms with Gasteiger partial charge in [0.15, 0.2) is 0 Å². The molecule has 3 aromatic carbocycles. The maximum Gasteiger partial charge on any atom is 0.408 e. The van der Waals surface area contributed by atoms with Gasteiger partial charge in [-0.3, -0.25) is 14.7 Å². The van der Waals surface area contributed by atoms with Gasteiger partial charge in [-0.15, -0.1) is 0 Å². The molecule has 3 aromatic rings. The van der Waals surface area contributed by atoms with Crippen LogP contribution in [0.1, 0.15) is 22.5 Å². The first-order valence-electron chi connectivity index (χ1n) is 10.1. The van der Waals surface area contributed by atoms with E-state index in [9.17, 15) is 19.5 Å². The quantitative estimate of drug-likeness (QED) is 0.239. The lowest BCUT2D eigenvalue weighted by Crippen LogP contribution is -2.32. The van der Waals surface area contributed by atoms with Crippen molar-refractivity contribution in [1.29, 1.82) is 0 Å². The fourth-order valence-electron chi connectivity index (χ4n) is 3.08. The normalized spacial score (nSPS) is 13.5. The molecule has 2 atom stereocenters. The predicted molar refractivity (Wildman–Crippen MR) is 123 cm³/mol. The second kappa shape index (κ2) is 11.4. The number of carbonyl (C=O) groups is 1. The van der Waals surface area contributed by atoms with Crippen molar-refractivity contribution in [3.63, 3.8) is 0 Å². The summed E-state index contributed by atoms with van der Waals surface area (Å²) in [5.41, 5.74) is 1.89. The highest BCUT2D eigenvalue weighted by atomic mass is 31.2. The number of hydrogen-bond acceptors (Lipinski definition) is 6. The van der Waals surface area contributed by atoms with Gasteiger partial charge in [0.25, 0.3) is 13.2 Å². The minimum atomic E-state index is -3.72. The minimum absolute atomic E-state index is 0.0222. The molecule has 1 amide bonds. The number of nitrogens with one attached hydrogen (secondary N) is 2. The molecule has 9 nitrogen and oxygen atoms in total. The Morgan fingerprint density at radius 1 is 0.970 bits per heavy atom. The molecule has 33 heavy (non-hydrogen) atoms. The minimum Gasteiger partial charge on any atom is -0.445 e. The zero-order valence-corrected chi connectivity index (χ0v) is 18.8. The second-order valence-electron chi connectivity index (χ2n) is 7.06. The average molecular weight is 469 g/mol. The van der Waals surface area contributed by atoms with Crippen LogP contribution in [-0.2, 0) is 27.0 Å². The zero-order chi connectivity index (χ0) is 23.7. The van der Waals surface area contributed by atoms with Crippen molar-refractivity contribution < 1.29 is 23.5 Å². The first-order chi connectivity index (χ1) is 15.9. The van der Waals surface area contributed by atoms with E-state index in [1.165, 1.54) is 31.4 Å². The predicted octanol–water partition coefficient (Wildman–Crippen LogP) is 5.15. The third-order valence-corrected chi connectivity index (χ3v) is 7.09. The molecule has 0 saturated heterocycles. The molecule has 2 unspecified atom stereocenters. The number of rotatable bonds is 10. The van der Waals surface area contributed by atoms with Crippen LogP contribution in [0, 0.1) is 10.1 Å². The van der Waals surface area contributed by atoms with Crippen LogP contribution in [0.15, 0.2) is 84.9 Å². The first kappa shape index (κ1) is 24.1. The summed E-state index contributed by atoms with van der Waals surface area (Å²) >= 11 is 0. The van der Waals surface area contributed by atoms with Gasteiger partial charge >= 0.3 is 6.09 Å². The molecule has 10 heteroatoms. The van der Waals surface area contributed by atoms with Gasteiger partial charge < -0.3 is 14.6 Å². The number of nitro groups is 1. The molecule has 2 N–H and O–H groups in total. The van der Waals surface area contributed by atoms with Crippen LogP contribution >= 0.6 is 7.52 Å². The third-order valence-electron chi connectivity index (χ3n) is 4.84. The number of non-ortho nitro benzene ring substituents is 1. The molecule has 0 radical (unpaired) electrons. The standard InChI is InChI=1S/C23H24N3O6P/c1-31-33(30,24-16-18-8-4-2-5-9-18)22(20-12-14-21(15-13-20)26(28)29)25-23(27)32-17-19-10-6-3-7-11-19/h2-15,22H,16-17H2,1H3,(H,24,30)(H,25,27). The van der Waals surface area contributed by atoms with Gasteiger partial charge in [-0.25, -0.2) is 9.88 Å². The van der Waals surface area contributed by atoms with E-state index in [2.05, 4.69) is 10.4 Å². The van der Waals surface area contributed by atoms with Gasteiger partial charge in [-0.1, -0.05) is 60.7 Å². The number of ether oxygens (including phenoxy) is 1. The average Bonchev–Trinajstić information content (AvgIpc) is 2.86. The van der Waals surface area contributed by atoms with Crippen LogP contribution in [0.4, 0.5) is 10.5 Å². The van der Waals surface area contributed by atoms with Gasteiger partial charge in [0.2, 0.25) is 0 Å². The lowest BCUT2D eigenvalue weighted by Gasteiger charge is -2.27. The Labute approximate surface area is 191 Å². The molecule has 3 rings (SSSR count). The van der Waals surface area contributed by atoms with Gasteiger partial charge in [0.1, 0.15) is 12.4 Å². The topological polar surface area (TPSA) is 120 Å². The summed E-state index contributed by atoms with van der Waals surface area (Å²) in [4.78, 5) is 23.0. The van der Waals surface area contributed by atoms with Crippen molar-refractivity contribution in [2.75, 3.05) is 7.11 Å². The Kier molecular flexibility index (Phi) is 8.32. The molecule has 0 fully saturated rings. The Hall–Kier alpha value is -3.52. The molecule has 172 valence electrons. The van der Waals surface area contributed by atoms with Crippen molar-refractivity contribution in [2.24, 2.45) is 0 Å². The maximum absolute atomic E-state index is 13.7. The number of amides is 1. The Morgan fingerprint density at radius 2 is 1.55 bits per heavy atom. The van der Waals surface area contributed by atoms with Gasteiger partial charge in [-0.2, -0.15) is 0 Å². The van der Waals surface area contributed by atoms with E-state index in [0.29, 0.717) is 5.56 Å². The number of benzene rings is 3. The van der Waals surface area contributed by atoms with Gasteiger partial charge in [0, 0.05) is 25.8 Å². The van der Waals surface area contributed by atoms with E-state index in [1.807, 2.05) is 60.7 Å². The highest BCUT2D eigenvalue weighted by Gasteiger charge is 2.36. The molecule has 0 saturated carbocycles. The molecule has 0 aromatic heterocycles. The van der Waals surface area contributed by atoms with Crippen LogP contribution in [0.5, 0.6) is 0 Å². The van der Waals surface area contributed by atoms with E-state index in [-0.39, 0.29) is 18.8 Å². The highest BCUT2D eigenvalue weighted by molar-refractivity contribution is 7.57. The number of carbonyl (C=O) groups excluding carboxylic acids is 1. The zero-order valence-electron chi connectivity index (χ0n) is 17.9. The summed E-state index contributed by atoms with van der Waals surface area (Å²) in [7, 11) is -2.45. The molecule has 0 aliphatic heterocycles. The van der Waals surface area contributed by atoms with E-state index in [0.717, 1.165) is 11.1 Å². The van der Waals surface area contributed by atoms with E-state index < -0.39 is 24.3 Å². The summed E-state index contributed by atoms with van der Waals surface area (Å²) in [6, 6.07) is 23.8. The Balaban J connectivity index is 1.82. The molecule has 0 heterocycles. The summed E-state index contributed by atoms with van der Waals surface area (Å²) in [5.74, 6) is -1.14.